The van der Waals surface area contributed by atoms with E-state index < -0.39 is 29.3 Å². The Morgan fingerprint density at radius 2 is 1.91 bits per heavy atom. The first-order valence-electron chi connectivity index (χ1n) is 9.85. The number of hydrogen-bond acceptors (Lipinski definition) is 5. The van der Waals surface area contributed by atoms with E-state index in [9.17, 15) is 19.1 Å². The molecule has 0 fully saturated rings. The van der Waals surface area contributed by atoms with Gasteiger partial charge in [-0.05, 0) is 43.5 Å². The molecule has 1 aliphatic rings. The van der Waals surface area contributed by atoms with Crippen LogP contribution in [0.3, 0.4) is 0 Å². The average molecular weight is 436 g/mol. The zero-order valence-corrected chi connectivity index (χ0v) is 17.5. The maximum atomic E-state index is 14.7. The van der Waals surface area contributed by atoms with Crippen molar-refractivity contribution in [2.45, 2.75) is 26.3 Å². The minimum atomic E-state index is -0.939. The number of aromatic amines is 1. The zero-order chi connectivity index (χ0) is 23.4. The van der Waals surface area contributed by atoms with E-state index >= 15 is 0 Å². The molecule has 1 atom stereocenters. The van der Waals surface area contributed by atoms with E-state index in [1.165, 1.54) is 17.9 Å². The summed E-state index contributed by atoms with van der Waals surface area (Å²) in [5.41, 5.74) is 2.88. The second kappa shape index (κ2) is 9.41. The molecular weight excluding hydrogens is 415 g/mol. The summed E-state index contributed by atoms with van der Waals surface area (Å²) in [6.45, 7) is 3.28. The van der Waals surface area contributed by atoms with E-state index in [1.807, 2.05) is 30.5 Å². The number of halogens is 1. The molecule has 32 heavy (non-hydrogen) atoms. The lowest BCUT2D eigenvalue weighted by Gasteiger charge is -2.27. The highest BCUT2D eigenvalue weighted by atomic mass is 19.1. The molecule has 1 amide bonds. The van der Waals surface area contributed by atoms with Gasteiger partial charge in [0.25, 0.3) is 5.91 Å². The number of benzene rings is 2. The summed E-state index contributed by atoms with van der Waals surface area (Å²) in [4.78, 5) is 45.8. The topological polar surface area (TPSA) is 108 Å². The molecule has 0 spiro atoms. The minimum absolute atomic E-state index is 0.0586. The Kier molecular flexibility index (Phi) is 6.66. The maximum absolute atomic E-state index is 14.7. The molecule has 3 aromatic rings. The molecule has 4 rings (SSSR count). The van der Waals surface area contributed by atoms with E-state index in [-0.39, 0.29) is 23.8 Å². The van der Waals surface area contributed by atoms with Crippen molar-refractivity contribution in [3.05, 3.63) is 82.5 Å². The quantitative estimate of drug-likeness (QED) is 0.636. The van der Waals surface area contributed by atoms with Gasteiger partial charge in [0, 0.05) is 29.2 Å². The number of aryl methyl sites for hydroxylation is 1. The Morgan fingerprint density at radius 1 is 1.22 bits per heavy atom. The van der Waals surface area contributed by atoms with Crippen molar-refractivity contribution in [2.24, 2.45) is 0 Å². The number of rotatable bonds is 5. The number of para-hydroxylation sites is 1. The third-order valence-electron chi connectivity index (χ3n) is 5.43. The van der Waals surface area contributed by atoms with Crippen LogP contribution in [0.2, 0.25) is 0 Å². The number of hydrogen-bond donors (Lipinski definition) is 2. The lowest BCUT2D eigenvalue weighted by molar-refractivity contribution is -0.191. The number of fused-ring (bicyclic) bond motifs is 1. The van der Waals surface area contributed by atoms with Crippen molar-refractivity contribution in [3.8, 4) is 0 Å². The maximum Gasteiger partial charge on any atom is 0.373 e. The van der Waals surface area contributed by atoms with Gasteiger partial charge in [0.05, 0.1) is 11.6 Å². The molecule has 0 aliphatic carbocycles. The van der Waals surface area contributed by atoms with Crippen LogP contribution in [-0.4, -0.2) is 39.4 Å². The Hall–Kier alpha value is -4.03. The monoisotopic (exact) mass is 436 g/mol. The van der Waals surface area contributed by atoms with Crippen LogP contribution in [0.15, 0.2) is 60.0 Å². The number of aliphatic hydroxyl groups excluding tert-OH is 1. The van der Waals surface area contributed by atoms with E-state index in [1.54, 1.807) is 19.1 Å². The highest BCUT2D eigenvalue weighted by Crippen LogP contribution is 2.39. The molecule has 7 nitrogen and oxygen atoms in total. The number of amides is 1. The largest absolute Gasteiger partial charge is 0.503 e. The number of H-pyrrole nitrogens is 1. The summed E-state index contributed by atoms with van der Waals surface area (Å²) >= 11 is 0. The van der Waals surface area contributed by atoms with Crippen LogP contribution >= 0.6 is 0 Å². The van der Waals surface area contributed by atoms with E-state index in [0.29, 0.717) is 6.42 Å². The van der Waals surface area contributed by atoms with Crippen molar-refractivity contribution >= 4 is 28.7 Å². The SMILES string of the molecule is CC(=O)C1=C(O)C(=O)N(CCc2c[nH]c3ccccc23)C1c1ccc(C)cc1F.O=C=O. The van der Waals surface area contributed by atoms with Crippen LogP contribution in [-0.2, 0) is 25.6 Å². The smallest absolute Gasteiger partial charge is 0.373 e. The number of Topliss-reactive ketones (excluding diaryl/α,β-unsaturated/α-hetero) is 1. The second-order valence-corrected chi connectivity index (χ2v) is 7.44. The van der Waals surface area contributed by atoms with E-state index in [2.05, 4.69) is 4.98 Å². The predicted octanol–water partition coefficient (Wildman–Crippen LogP) is 3.56. The highest BCUT2D eigenvalue weighted by Gasteiger charge is 2.43. The van der Waals surface area contributed by atoms with Crippen molar-refractivity contribution in [3.63, 3.8) is 0 Å². The summed E-state index contributed by atoms with van der Waals surface area (Å²) < 4.78 is 14.7. The van der Waals surface area contributed by atoms with Crippen LogP contribution in [0.25, 0.3) is 10.9 Å². The Labute approximate surface area is 183 Å². The Balaban J connectivity index is 0.000000913. The lowest BCUT2D eigenvalue weighted by Crippen LogP contribution is -2.33. The van der Waals surface area contributed by atoms with Gasteiger partial charge in [-0.1, -0.05) is 30.3 Å². The number of ketones is 1. The van der Waals surface area contributed by atoms with Crippen LogP contribution in [0.5, 0.6) is 0 Å². The fourth-order valence-electron chi connectivity index (χ4n) is 4.00. The van der Waals surface area contributed by atoms with Gasteiger partial charge in [-0.3, -0.25) is 9.59 Å². The molecule has 2 aromatic carbocycles. The molecule has 164 valence electrons. The average Bonchev–Trinajstić information content (AvgIpc) is 3.26. The fraction of sp³-hybridized carbons (Fsp3) is 0.208. The number of aromatic nitrogens is 1. The molecule has 1 aliphatic heterocycles. The first-order valence-corrected chi connectivity index (χ1v) is 9.85. The summed E-state index contributed by atoms with van der Waals surface area (Å²) in [5.74, 6) is -2.20. The molecule has 2 heterocycles. The number of carbonyl (C=O) groups excluding carboxylic acids is 4. The fourth-order valence-corrected chi connectivity index (χ4v) is 4.00. The minimum Gasteiger partial charge on any atom is -0.503 e. The van der Waals surface area contributed by atoms with Gasteiger partial charge in [0.1, 0.15) is 5.82 Å². The molecule has 0 saturated heterocycles. The first-order chi connectivity index (χ1) is 15.3. The molecule has 8 heteroatoms. The lowest BCUT2D eigenvalue weighted by atomic mass is 9.95. The molecule has 0 bridgehead atoms. The van der Waals surface area contributed by atoms with Gasteiger partial charge >= 0.3 is 6.15 Å². The molecule has 1 aromatic heterocycles. The van der Waals surface area contributed by atoms with Crippen molar-refractivity contribution < 1.29 is 28.7 Å². The number of aliphatic hydroxyl groups is 1. The van der Waals surface area contributed by atoms with Crippen molar-refractivity contribution in [1.82, 2.24) is 9.88 Å². The van der Waals surface area contributed by atoms with Crippen LogP contribution < -0.4 is 0 Å². The zero-order valence-electron chi connectivity index (χ0n) is 17.5. The van der Waals surface area contributed by atoms with Crippen LogP contribution in [0.4, 0.5) is 4.39 Å². The van der Waals surface area contributed by atoms with E-state index in [0.717, 1.165) is 22.0 Å². The number of nitrogens with zero attached hydrogens (tertiary/aromatic N) is 1. The summed E-state index contributed by atoms with van der Waals surface area (Å²) in [7, 11) is 0. The predicted molar refractivity (Wildman–Crippen MR) is 113 cm³/mol. The van der Waals surface area contributed by atoms with Gasteiger partial charge in [0.2, 0.25) is 0 Å². The van der Waals surface area contributed by atoms with Gasteiger partial charge in [-0.15, -0.1) is 0 Å². The summed E-state index contributed by atoms with van der Waals surface area (Å²) in [6.07, 6.45) is 2.63. The first kappa shape index (κ1) is 22.7. The van der Waals surface area contributed by atoms with Gasteiger partial charge in [-0.2, -0.15) is 9.59 Å². The van der Waals surface area contributed by atoms with Crippen LogP contribution in [0, 0.1) is 12.7 Å². The highest BCUT2D eigenvalue weighted by molar-refractivity contribution is 6.08. The van der Waals surface area contributed by atoms with Gasteiger partial charge in [0.15, 0.2) is 11.5 Å². The van der Waals surface area contributed by atoms with Crippen molar-refractivity contribution in [2.75, 3.05) is 6.54 Å². The van der Waals surface area contributed by atoms with Gasteiger partial charge in [-0.25, -0.2) is 4.39 Å². The third-order valence-corrected chi connectivity index (χ3v) is 5.43. The van der Waals surface area contributed by atoms with Crippen molar-refractivity contribution in [1.29, 1.82) is 0 Å². The van der Waals surface area contributed by atoms with Crippen LogP contribution in [0.1, 0.15) is 29.7 Å². The number of carbonyl (C=O) groups is 2. The number of nitrogens with one attached hydrogen (secondary N) is 1. The Bertz CT molecular complexity index is 1250. The third kappa shape index (κ3) is 4.22. The molecular formula is C24H21FN2O5. The molecule has 0 saturated carbocycles. The normalized spacial score (nSPS) is 15.5. The standard InChI is InChI=1S/C23H21FN2O3.CO2/c1-13-7-8-17(18(24)11-13)21-20(14(2)27)22(28)23(29)26(21)10-9-15-12-25-19-6-4-3-5-16(15)19;2-1-3/h3-8,11-12,21,25,28H,9-10H2,1-2H3;. The molecule has 0 radical (unpaired) electrons. The summed E-state index contributed by atoms with van der Waals surface area (Å²) in [6, 6.07) is 11.6. The van der Waals surface area contributed by atoms with E-state index in [4.69, 9.17) is 9.59 Å². The summed E-state index contributed by atoms with van der Waals surface area (Å²) in [5, 5.41) is 11.4. The molecule has 1 unspecified atom stereocenters. The van der Waals surface area contributed by atoms with Gasteiger partial charge < -0.3 is 15.0 Å². The Morgan fingerprint density at radius 3 is 2.56 bits per heavy atom. The molecule has 2 N–H and O–H groups in total. The second-order valence-electron chi connectivity index (χ2n) is 7.44.